The number of aliphatic hydroxyl groups excluding tert-OH is 1. The van der Waals surface area contributed by atoms with Gasteiger partial charge in [-0.05, 0) is 30.5 Å². The second kappa shape index (κ2) is 13.3. The summed E-state index contributed by atoms with van der Waals surface area (Å²) in [4.78, 5) is 21.7. The van der Waals surface area contributed by atoms with Gasteiger partial charge in [0.2, 0.25) is 0 Å². The quantitative estimate of drug-likeness (QED) is 0.215. The molecule has 42 heavy (non-hydrogen) atoms. The third kappa shape index (κ3) is 7.23. The number of thiazole rings is 1. The van der Waals surface area contributed by atoms with Crippen molar-refractivity contribution >= 4 is 28.9 Å². The van der Waals surface area contributed by atoms with Crippen LogP contribution >= 0.6 is 23.1 Å². The fraction of sp³-hybridized carbons (Fsp3) is 0.469. The van der Waals surface area contributed by atoms with Crippen LogP contribution in [0.2, 0.25) is 0 Å². The van der Waals surface area contributed by atoms with Crippen molar-refractivity contribution < 1.29 is 9.84 Å². The Morgan fingerprint density at radius 3 is 2.69 bits per heavy atom. The number of nitrogens with zero attached hydrogens (tertiary/aromatic N) is 4. The number of nitrogens with one attached hydrogen (secondary N) is 2. The molecule has 1 aromatic carbocycles. The lowest BCUT2D eigenvalue weighted by molar-refractivity contribution is -0.0224. The molecule has 3 N–H and O–H groups in total. The third-order valence-corrected chi connectivity index (χ3v) is 10.0. The van der Waals surface area contributed by atoms with Crippen LogP contribution in [0.25, 0.3) is 22.0 Å². The lowest BCUT2D eigenvalue weighted by Crippen LogP contribution is -2.36. The van der Waals surface area contributed by atoms with Crippen molar-refractivity contribution in [2.45, 2.75) is 57.2 Å². The van der Waals surface area contributed by atoms with E-state index in [0.29, 0.717) is 6.61 Å². The van der Waals surface area contributed by atoms with E-state index in [-0.39, 0.29) is 24.2 Å². The molecule has 0 amide bonds. The van der Waals surface area contributed by atoms with Crippen molar-refractivity contribution in [3.8, 4) is 22.0 Å². The molecule has 3 aromatic heterocycles. The summed E-state index contributed by atoms with van der Waals surface area (Å²) in [5.41, 5.74) is 4.20. The summed E-state index contributed by atoms with van der Waals surface area (Å²) in [5.74, 6) is 4.15. The molecule has 2 aliphatic heterocycles. The number of aromatic amines is 1. The van der Waals surface area contributed by atoms with Gasteiger partial charge in [-0.1, -0.05) is 44.2 Å². The third-order valence-electron chi connectivity index (χ3n) is 8.05. The van der Waals surface area contributed by atoms with Gasteiger partial charge in [0, 0.05) is 60.4 Å². The number of pyridine rings is 1. The SMILES string of the molecule is CC(C)(Cc1ncc(-c2cnc(-c3ccccc3)[nH]2)s1)c1cc(CN2CCSCC2)cc(N[C@H]2CC[C@H](CO)OC2)n1. The average Bonchev–Trinajstić information content (AvgIpc) is 3.68. The summed E-state index contributed by atoms with van der Waals surface area (Å²) >= 11 is 3.75. The molecule has 6 rings (SSSR count). The minimum Gasteiger partial charge on any atom is -0.394 e. The summed E-state index contributed by atoms with van der Waals surface area (Å²) in [6, 6.07) is 14.9. The van der Waals surface area contributed by atoms with Crippen LogP contribution in [0.3, 0.4) is 0 Å². The van der Waals surface area contributed by atoms with Gasteiger partial charge in [0.05, 0.1) is 47.1 Å². The van der Waals surface area contributed by atoms with Gasteiger partial charge in [0.1, 0.15) is 11.6 Å². The molecule has 2 aliphatic rings. The van der Waals surface area contributed by atoms with Gasteiger partial charge in [-0.3, -0.25) is 4.90 Å². The van der Waals surface area contributed by atoms with Crippen molar-refractivity contribution in [2.75, 3.05) is 43.1 Å². The minimum absolute atomic E-state index is 0.0521. The van der Waals surface area contributed by atoms with E-state index in [1.54, 1.807) is 11.3 Å². The largest absolute Gasteiger partial charge is 0.394 e. The molecule has 0 saturated carbocycles. The molecule has 10 heteroatoms. The molecule has 2 saturated heterocycles. The Morgan fingerprint density at radius 1 is 1.10 bits per heavy atom. The van der Waals surface area contributed by atoms with Gasteiger partial charge in [-0.2, -0.15) is 11.8 Å². The summed E-state index contributed by atoms with van der Waals surface area (Å²) in [6.45, 7) is 8.37. The maximum Gasteiger partial charge on any atom is 0.137 e. The lowest BCUT2D eigenvalue weighted by atomic mass is 9.84. The van der Waals surface area contributed by atoms with Crippen LogP contribution in [0.15, 0.2) is 54.9 Å². The number of hydrogen-bond donors (Lipinski definition) is 3. The zero-order chi connectivity index (χ0) is 28.9. The monoisotopic (exact) mass is 604 g/mol. The van der Waals surface area contributed by atoms with E-state index >= 15 is 0 Å². The van der Waals surface area contributed by atoms with Gasteiger partial charge < -0.3 is 20.1 Å². The lowest BCUT2D eigenvalue weighted by Gasteiger charge is -2.31. The van der Waals surface area contributed by atoms with Crippen LogP contribution in [0.1, 0.15) is 43.0 Å². The predicted octanol–water partition coefficient (Wildman–Crippen LogP) is 5.62. The number of imidazole rings is 1. The molecule has 0 unspecified atom stereocenters. The highest BCUT2D eigenvalue weighted by Gasteiger charge is 2.28. The second-order valence-electron chi connectivity index (χ2n) is 11.9. The smallest absolute Gasteiger partial charge is 0.137 e. The molecule has 0 bridgehead atoms. The van der Waals surface area contributed by atoms with E-state index < -0.39 is 0 Å². The second-order valence-corrected chi connectivity index (χ2v) is 14.2. The zero-order valence-electron chi connectivity index (χ0n) is 24.4. The first-order chi connectivity index (χ1) is 20.4. The summed E-state index contributed by atoms with van der Waals surface area (Å²) in [5, 5.41) is 14.2. The first-order valence-electron chi connectivity index (χ1n) is 14.8. The highest BCUT2D eigenvalue weighted by atomic mass is 32.2. The van der Waals surface area contributed by atoms with E-state index in [1.165, 1.54) is 17.1 Å². The fourth-order valence-corrected chi connectivity index (χ4v) is 7.65. The predicted molar refractivity (Wildman–Crippen MR) is 172 cm³/mol. The number of anilines is 1. The van der Waals surface area contributed by atoms with Crippen LogP contribution in [0, 0.1) is 0 Å². The van der Waals surface area contributed by atoms with Crippen LogP contribution in [-0.4, -0.2) is 79.9 Å². The van der Waals surface area contributed by atoms with Crippen molar-refractivity contribution in [3.05, 3.63) is 71.1 Å². The number of aromatic nitrogens is 4. The Morgan fingerprint density at radius 2 is 1.93 bits per heavy atom. The van der Waals surface area contributed by atoms with Gasteiger partial charge in [0.25, 0.3) is 0 Å². The first-order valence-corrected chi connectivity index (χ1v) is 16.8. The molecular formula is C32H40N6O2S2. The van der Waals surface area contributed by atoms with Crippen molar-refractivity contribution in [1.82, 2.24) is 24.8 Å². The highest BCUT2D eigenvalue weighted by Crippen LogP contribution is 2.33. The van der Waals surface area contributed by atoms with Crippen LogP contribution in [0.5, 0.6) is 0 Å². The molecule has 8 nitrogen and oxygen atoms in total. The maximum atomic E-state index is 9.45. The maximum absolute atomic E-state index is 9.45. The van der Waals surface area contributed by atoms with Crippen molar-refractivity contribution in [3.63, 3.8) is 0 Å². The van der Waals surface area contributed by atoms with Gasteiger partial charge in [-0.25, -0.2) is 15.0 Å². The van der Waals surface area contributed by atoms with E-state index in [1.807, 2.05) is 42.4 Å². The zero-order valence-corrected chi connectivity index (χ0v) is 26.0. The van der Waals surface area contributed by atoms with Crippen molar-refractivity contribution in [1.29, 1.82) is 0 Å². The molecule has 2 fully saturated rings. The molecule has 4 aromatic rings. The van der Waals surface area contributed by atoms with E-state index in [9.17, 15) is 5.11 Å². The molecule has 222 valence electrons. The minimum atomic E-state index is -0.215. The molecule has 2 atom stereocenters. The number of H-pyrrole nitrogens is 1. The van der Waals surface area contributed by atoms with E-state index in [0.717, 1.165) is 77.4 Å². The van der Waals surface area contributed by atoms with Gasteiger partial charge in [-0.15, -0.1) is 11.3 Å². The molecule has 0 aliphatic carbocycles. The number of benzene rings is 1. The Bertz CT molecular complexity index is 1440. The number of hydrogen-bond acceptors (Lipinski definition) is 9. The van der Waals surface area contributed by atoms with E-state index in [2.05, 4.69) is 58.3 Å². The molecule has 5 heterocycles. The van der Waals surface area contributed by atoms with Crippen LogP contribution < -0.4 is 5.32 Å². The average molecular weight is 605 g/mol. The summed E-state index contributed by atoms with van der Waals surface area (Å²) in [6.07, 6.45) is 6.40. The topological polar surface area (TPSA) is 99.2 Å². The Balaban J connectivity index is 1.20. The molecular weight excluding hydrogens is 565 g/mol. The number of aliphatic hydroxyl groups is 1. The standard InChI is InChI=1S/C32H40N6O2S2/c1-32(2,16-30-33-18-27(42-30)26-17-34-31(36-26)23-6-4-3-5-7-23)28-14-22(19-38-10-12-41-13-11-38)15-29(37-28)35-24-8-9-25(20-39)40-21-24/h3-7,14-15,17-18,24-25,39H,8-13,16,19-21H2,1-2H3,(H,34,36)(H,35,37)/t24-,25+/m0/s1. The Labute approximate surface area is 256 Å². The molecule has 0 radical (unpaired) electrons. The Hall–Kier alpha value is -2.76. The summed E-state index contributed by atoms with van der Waals surface area (Å²) in [7, 11) is 0. The van der Waals surface area contributed by atoms with E-state index in [4.69, 9.17) is 14.7 Å². The molecule has 0 spiro atoms. The highest BCUT2D eigenvalue weighted by molar-refractivity contribution is 7.99. The number of rotatable bonds is 10. The fourth-order valence-electron chi connectivity index (χ4n) is 5.56. The van der Waals surface area contributed by atoms with Crippen LogP contribution in [-0.2, 0) is 23.1 Å². The van der Waals surface area contributed by atoms with Crippen molar-refractivity contribution in [2.24, 2.45) is 0 Å². The number of thioether (sulfide) groups is 1. The summed E-state index contributed by atoms with van der Waals surface area (Å²) < 4.78 is 5.84. The Kier molecular flexibility index (Phi) is 9.26. The number of ether oxygens (including phenoxy) is 1. The van der Waals surface area contributed by atoms with Gasteiger partial charge >= 0.3 is 0 Å². The first kappa shape index (κ1) is 29.3. The van der Waals surface area contributed by atoms with Gasteiger partial charge in [0.15, 0.2) is 0 Å². The van der Waals surface area contributed by atoms with Crippen LogP contribution in [0.4, 0.5) is 5.82 Å². The normalized spacial score (nSPS) is 20.1.